The summed E-state index contributed by atoms with van der Waals surface area (Å²) >= 11 is 0. The van der Waals surface area contributed by atoms with E-state index >= 15 is 0 Å². The number of fused-ring (bicyclic) bond motifs is 15. The lowest BCUT2D eigenvalue weighted by atomic mass is 9.57. The second-order valence-corrected chi connectivity index (χ2v) is 14.6. The summed E-state index contributed by atoms with van der Waals surface area (Å²) in [6, 6.07) is 7.65. The summed E-state index contributed by atoms with van der Waals surface area (Å²) in [5.41, 5.74) is 8.92. The minimum absolute atomic E-state index is 0.0271. The number of aromatic hydroxyl groups is 2. The van der Waals surface area contributed by atoms with E-state index in [-0.39, 0.29) is 23.3 Å². The first-order valence-corrected chi connectivity index (χ1v) is 17.8. The molecule has 49 heavy (non-hydrogen) atoms. The minimum Gasteiger partial charge on any atom is -0.508 e. The molecule has 2 aromatic carbocycles. The van der Waals surface area contributed by atoms with E-state index in [0.717, 1.165) is 77.9 Å². The van der Waals surface area contributed by atoms with Gasteiger partial charge in [0.1, 0.15) is 29.3 Å². The molecule has 5 nitrogen and oxygen atoms in total. The Morgan fingerprint density at radius 1 is 0.776 bits per heavy atom. The third-order valence-electron chi connectivity index (χ3n) is 10.9. The molecule has 2 aromatic rings. The van der Waals surface area contributed by atoms with Crippen LogP contribution < -0.4 is 9.47 Å². The molecule has 0 amide bonds. The van der Waals surface area contributed by atoms with Crippen LogP contribution in [0.1, 0.15) is 88.0 Å². The van der Waals surface area contributed by atoms with Crippen LogP contribution >= 0.6 is 0 Å². The standard InChI is InChI=1S/C44H54O5/c1-29-10-7-11-30(2)18-37-25-41(47)35(27-43(37)49-6)23-39-22-33-14-8-12-31(3)19-36-24-40(46)34(26-42(36)48-5)16-15-32(4)20-38(21-33)44(39,28-45)17-9-13-29/h9,11-13,15,21,24-28,38-39,46-47H,1,7-8,10,14,16-20,22-23H2,2-6H3/b13-9+,30-11-,31-12-,32-15+/t38-,39+,44-/m1/s1. The third-order valence-corrected chi connectivity index (χ3v) is 10.9. The Morgan fingerprint density at radius 2 is 1.39 bits per heavy atom. The number of phenolic OH excluding ortho intramolecular Hbond substituents is 2. The molecule has 0 saturated heterocycles. The van der Waals surface area contributed by atoms with Crippen LogP contribution in [0.5, 0.6) is 23.0 Å². The molecule has 3 atom stereocenters. The highest BCUT2D eigenvalue weighted by Crippen LogP contribution is 2.51. The molecule has 0 spiro atoms. The minimum atomic E-state index is -0.689. The molecule has 0 unspecified atom stereocenters. The van der Waals surface area contributed by atoms with Gasteiger partial charge in [0.15, 0.2) is 0 Å². The summed E-state index contributed by atoms with van der Waals surface area (Å²) in [6.07, 6.45) is 22.7. The lowest BCUT2D eigenvalue weighted by Gasteiger charge is -2.46. The number of carbonyl (C=O) groups excluding carboxylic acids is 1. The first kappa shape index (κ1) is 36.0. The van der Waals surface area contributed by atoms with Gasteiger partial charge in [0.05, 0.1) is 14.2 Å². The number of phenols is 2. The number of carbonyl (C=O) groups is 1. The number of allylic oxidation sites excluding steroid dienone is 11. The molecule has 0 aliphatic heterocycles. The van der Waals surface area contributed by atoms with Crippen molar-refractivity contribution in [2.24, 2.45) is 17.3 Å². The highest BCUT2D eigenvalue weighted by molar-refractivity contribution is 5.64. The Hall–Kier alpha value is -4.25. The van der Waals surface area contributed by atoms with E-state index in [9.17, 15) is 15.0 Å². The van der Waals surface area contributed by atoms with E-state index in [0.29, 0.717) is 32.1 Å². The Labute approximate surface area is 293 Å². The summed E-state index contributed by atoms with van der Waals surface area (Å²) < 4.78 is 11.6. The van der Waals surface area contributed by atoms with Gasteiger partial charge >= 0.3 is 0 Å². The predicted molar refractivity (Wildman–Crippen MR) is 200 cm³/mol. The number of ether oxygens (including phenoxy) is 2. The van der Waals surface area contributed by atoms with Crippen molar-refractivity contribution < 1.29 is 24.5 Å². The van der Waals surface area contributed by atoms with Gasteiger partial charge in [0.25, 0.3) is 0 Å². The molecule has 0 radical (unpaired) electrons. The first-order chi connectivity index (χ1) is 23.5. The summed E-state index contributed by atoms with van der Waals surface area (Å²) in [7, 11) is 3.37. The molecule has 6 bridgehead atoms. The Balaban J connectivity index is 1.61. The quantitative estimate of drug-likeness (QED) is 0.253. The van der Waals surface area contributed by atoms with Gasteiger partial charge in [-0.15, -0.1) is 0 Å². The summed E-state index contributed by atoms with van der Waals surface area (Å²) in [4.78, 5) is 13.7. The van der Waals surface area contributed by atoms with Crippen molar-refractivity contribution in [2.45, 2.75) is 91.4 Å². The number of benzene rings is 2. The second kappa shape index (κ2) is 16.0. The Kier molecular flexibility index (Phi) is 11.7. The highest BCUT2D eigenvalue weighted by atomic mass is 16.5. The van der Waals surface area contributed by atoms with Crippen LogP contribution in [-0.2, 0) is 30.5 Å². The van der Waals surface area contributed by atoms with Crippen LogP contribution in [0.3, 0.4) is 0 Å². The molecule has 0 heterocycles. The molecular formula is C44H54O5. The fourth-order valence-corrected chi connectivity index (χ4v) is 8.10. The highest BCUT2D eigenvalue weighted by Gasteiger charge is 2.46. The van der Waals surface area contributed by atoms with Gasteiger partial charge in [0, 0.05) is 22.1 Å². The molecule has 7 rings (SSSR count). The molecule has 5 heteroatoms. The van der Waals surface area contributed by atoms with Gasteiger partial charge in [-0.2, -0.15) is 0 Å². The molecule has 2 N–H and O–H groups in total. The van der Waals surface area contributed by atoms with E-state index in [2.05, 4.69) is 63.8 Å². The van der Waals surface area contributed by atoms with Gasteiger partial charge in [-0.1, -0.05) is 70.9 Å². The fourth-order valence-electron chi connectivity index (χ4n) is 8.10. The van der Waals surface area contributed by atoms with Gasteiger partial charge in [0.2, 0.25) is 0 Å². The van der Waals surface area contributed by atoms with Crippen molar-refractivity contribution in [3.8, 4) is 23.0 Å². The average molecular weight is 663 g/mol. The third kappa shape index (κ3) is 8.49. The maximum absolute atomic E-state index is 13.7. The van der Waals surface area contributed by atoms with Gasteiger partial charge < -0.3 is 24.5 Å². The van der Waals surface area contributed by atoms with Crippen LogP contribution in [0.15, 0.2) is 95.2 Å². The monoisotopic (exact) mass is 662 g/mol. The maximum atomic E-state index is 13.7. The molecule has 0 fully saturated rings. The molecule has 5 aliphatic carbocycles. The van der Waals surface area contributed by atoms with Crippen molar-refractivity contribution >= 4 is 6.29 Å². The van der Waals surface area contributed by atoms with Crippen LogP contribution in [0.2, 0.25) is 0 Å². The zero-order valence-corrected chi connectivity index (χ0v) is 30.1. The van der Waals surface area contributed by atoms with E-state index in [4.69, 9.17) is 9.47 Å². The zero-order chi connectivity index (χ0) is 35.1. The number of hydrogen-bond donors (Lipinski definition) is 2. The van der Waals surface area contributed by atoms with Crippen LogP contribution in [-0.4, -0.2) is 30.7 Å². The lowest BCUT2D eigenvalue weighted by Crippen LogP contribution is -2.43. The molecule has 0 aromatic heterocycles. The normalized spacial score (nSPS) is 27.7. The largest absolute Gasteiger partial charge is 0.508 e. The average Bonchev–Trinajstić information content (AvgIpc) is 3.05. The van der Waals surface area contributed by atoms with Crippen LogP contribution in [0, 0.1) is 17.3 Å². The van der Waals surface area contributed by atoms with Crippen molar-refractivity contribution in [3.05, 3.63) is 117 Å². The molecule has 0 saturated carbocycles. The second-order valence-electron chi connectivity index (χ2n) is 14.6. The van der Waals surface area contributed by atoms with Gasteiger partial charge in [-0.05, 0) is 133 Å². The molecular weight excluding hydrogens is 608 g/mol. The zero-order valence-electron chi connectivity index (χ0n) is 30.1. The number of hydrogen-bond acceptors (Lipinski definition) is 5. The summed E-state index contributed by atoms with van der Waals surface area (Å²) in [6.45, 7) is 10.7. The summed E-state index contributed by atoms with van der Waals surface area (Å²) in [5, 5.41) is 22.4. The predicted octanol–water partition coefficient (Wildman–Crippen LogP) is 10.1. The Morgan fingerprint density at radius 3 is 2.02 bits per heavy atom. The number of rotatable bonds is 3. The van der Waals surface area contributed by atoms with Crippen LogP contribution in [0.4, 0.5) is 0 Å². The smallest absolute Gasteiger partial charge is 0.127 e. The van der Waals surface area contributed by atoms with Crippen LogP contribution in [0.25, 0.3) is 0 Å². The van der Waals surface area contributed by atoms with Crippen molar-refractivity contribution in [3.63, 3.8) is 0 Å². The van der Waals surface area contributed by atoms with E-state index < -0.39 is 5.41 Å². The number of methoxy groups -OCH3 is 2. The lowest BCUT2D eigenvalue weighted by molar-refractivity contribution is -0.122. The van der Waals surface area contributed by atoms with Crippen molar-refractivity contribution in [1.82, 2.24) is 0 Å². The summed E-state index contributed by atoms with van der Waals surface area (Å²) in [5.74, 6) is 2.03. The van der Waals surface area contributed by atoms with Gasteiger partial charge in [-0.25, -0.2) is 0 Å². The maximum Gasteiger partial charge on any atom is 0.127 e. The van der Waals surface area contributed by atoms with Crippen molar-refractivity contribution in [1.29, 1.82) is 0 Å². The van der Waals surface area contributed by atoms with Crippen molar-refractivity contribution in [2.75, 3.05) is 14.2 Å². The fraction of sp³-hybridized carbons (Fsp3) is 0.432. The van der Waals surface area contributed by atoms with E-state index in [1.54, 1.807) is 14.2 Å². The SMILES string of the molecule is C=C1/C=C/C[C@]2(C=O)[C@@H](CC3=C[C@H]2C/C(C)=C/Cc2cc(OC)c(cc2O)C/C(C)=C\CC3)Cc2cc(OC)c(cc2O)C/C(C)=C\CC1. The number of aldehydes is 1. The Bertz CT molecular complexity index is 1720. The molecule has 260 valence electrons. The molecule has 5 aliphatic rings. The van der Waals surface area contributed by atoms with Gasteiger partial charge in [-0.3, -0.25) is 0 Å². The first-order valence-electron chi connectivity index (χ1n) is 17.8. The van der Waals surface area contributed by atoms with E-state index in [1.807, 2.05) is 24.3 Å². The topological polar surface area (TPSA) is 76.0 Å². The van der Waals surface area contributed by atoms with E-state index in [1.165, 1.54) is 28.6 Å².